The lowest BCUT2D eigenvalue weighted by molar-refractivity contribution is 0.571. The fourth-order valence-corrected chi connectivity index (χ4v) is 0.988. The maximum atomic E-state index is 12.5. The van der Waals surface area contributed by atoms with Crippen LogP contribution in [0.3, 0.4) is 0 Å². The number of rotatable bonds is 0. The highest BCUT2D eigenvalue weighted by Gasteiger charge is 1.96. The minimum Gasteiger partial charge on any atom is -0.290 e. The predicted octanol–water partition coefficient (Wildman–Crippen LogP) is 0.767. The van der Waals surface area contributed by atoms with E-state index in [1.54, 1.807) is 0 Å². The van der Waals surface area contributed by atoms with Crippen LogP contribution in [-0.2, 0) is 0 Å². The molecule has 0 amide bonds. The van der Waals surface area contributed by atoms with Crippen LogP contribution in [0.2, 0.25) is 0 Å². The van der Waals surface area contributed by atoms with E-state index in [4.69, 9.17) is 0 Å². The average molecular weight is 152 g/mol. The molecule has 0 bridgehead atoms. The molecule has 0 radical (unpaired) electrons. The average Bonchev–Trinajstić information content (AvgIpc) is 2.27. The van der Waals surface area contributed by atoms with Gasteiger partial charge in [-0.3, -0.25) is 14.4 Å². The number of fused-ring (bicyclic) bond motifs is 1. The van der Waals surface area contributed by atoms with Gasteiger partial charge in [-0.2, -0.15) is 4.39 Å². The van der Waals surface area contributed by atoms with Crippen molar-refractivity contribution < 1.29 is 4.39 Å². The molecule has 2 aromatic heterocycles. The summed E-state index contributed by atoms with van der Waals surface area (Å²) in [7, 11) is 0. The van der Waals surface area contributed by atoms with Gasteiger partial charge < -0.3 is 0 Å². The van der Waals surface area contributed by atoms with Crippen molar-refractivity contribution in [3.8, 4) is 0 Å². The Morgan fingerprint density at radius 1 is 1.45 bits per heavy atom. The van der Waals surface area contributed by atoms with Gasteiger partial charge in [-0.1, -0.05) is 0 Å². The Hall–Kier alpha value is -1.58. The number of hydrogen-bond donors (Lipinski definition) is 1. The van der Waals surface area contributed by atoms with E-state index in [1.807, 2.05) is 0 Å². The molecule has 0 saturated carbocycles. The summed E-state index contributed by atoms with van der Waals surface area (Å²) >= 11 is 0. The van der Waals surface area contributed by atoms with E-state index in [-0.39, 0.29) is 5.43 Å². The van der Waals surface area contributed by atoms with Gasteiger partial charge in [0.25, 0.3) is 0 Å². The number of aromatic amines is 1. The van der Waals surface area contributed by atoms with Crippen LogP contribution >= 0.6 is 0 Å². The molecule has 11 heavy (non-hydrogen) atoms. The van der Waals surface area contributed by atoms with Crippen LogP contribution in [0.5, 0.6) is 0 Å². The summed E-state index contributed by atoms with van der Waals surface area (Å²) in [5, 5.41) is 2.40. The summed E-state index contributed by atoms with van der Waals surface area (Å²) in [4.78, 5) is 10.7. The Kier molecular flexibility index (Phi) is 1.09. The van der Waals surface area contributed by atoms with Crippen molar-refractivity contribution in [3.05, 3.63) is 40.6 Å². The lowest BCUT2D eigenvalue weighted by Gasteiger charge is -1.88. The maximum absolute atomic E-state index is 12.5. The van der Waals surface area contributed by atoms with Gasteiger partial charge in [-0.25, -0.2) is 0 Å². The van der Waals surface area contributed by atoms with Gasteiger partial charge in [0.05, 0.1) is 5.52 Å². The van der Waals surface area contributed by atoms with Crippen molar-refractivity contribution in [2.24, 2.45) is 0 Å². The molecular formula is C7H5FN2O. The van der Waals surface area contributed by atoms with Crippen molar-refractivity contribution in [2.45, 2.75) is 0 Å². The second kappa shape index (κ2) is 1.95. The first-order chi connectivity index (χ1) is 5.25. The Morgan fingerprint density at radius 2 is 2.27 bits per heavy atom. The van der Waals surface area contributed by atoms with Crippen LogP contribution in [-0.4, -0.2) is 9.61 Å². The lowest BCUT2D eigenvalue weighted by Crippen LogP contribution is -1.98. The first-order valence-corrected chi connectivity index (χ1v) is 3.13. The summed E-state index contributed by atoms with van der Waals surface area (Å²) in [5.74, 6) is -0.449. The van der Waals surface area contributed by atoms with E-state index in [2.05, 4.69) is 5.10 Å². The standard InChI is InChI=1S/C7H5FN2O/c8-7-4-5-3-6(11)1-2-10(5)9-7/h1-4,9H. The van der Waals surface area contributed by atoms with Gasteiger partial charge in [0, 0.05) is 24.4 Å². The number of nitrogens with one attached hydrogen (secondary N) is 1. The highest BCUT2D eigenvalue weighted by molar-refractivity contribution is 5.44. The fourth-order valence-electron chi connectivity index (χ4n) is 0.988. The molecule has 3 nitrogen and oxygen atoms in total. The minimum atomic E-state index is -0.449. The largest absolute Gasteiger partial charge is 0.290 e. The van der Waals surface area contributed by atoms with Gasteiger partial charge in [-0.05, 0) is 0 Å². The zero-order chi connectivity index (χ0) is 7.84. The summed E-state index contributed by atoms with van der Waals surface area (Å²) in [6.07, 6.45) is 1.49. The zero-order valence-corrected chi connectivity index (χ0v) is 5.54. The highest BCUT2D eigenvalue weighted by Crippen LogP contribution is 2.00. The number of hydrogen-bond acceptors (Lipinski definition) is 1. The van der Waals surface area contributed by atoms with Crippen molar-refractivity contribution in [1.29, 1.82) is 0 Å². The molecule has 4 heteroatoms. The molecule has 0 unspecified atom stereocenters. The minimum absolute atomic E-state index is 0.121. The van der Waals surface area contributed by atoms with Crippen molar-refractivity contribution in [2.75, 3.05) is 0 Å². The van der Waals surface area contributed by atoms with Gasteiger partial charge in [0.2, 0.25) is 5.95 Å². The number of aromatic nitrogens is 2. The molecule has 0 aliphatic heterocycles. The number of H-pyrrole nitrogens is 1. The van der Waals surface area contributed by atoms with Gasteiger partial charge >= 0.3 is 0 Å². The van der Waals surface area contributed by atoms with Crippen molar-refractivity contribution in [3.63, 3.8) is 0 Å². The summed E-state index contributed by atoms with van der Waals surface area (Å²) < 4.78 is 13.9. The molecule has 0 fully saturated rings. The molecule has 0 aromatic carbocycles. The maximum Gasteiger partial charge on any atom is 0.208 e. The van der Waals surface area contributed by atoms with E-state index in [0.717, 1.165) is 0 Å². The molecule has 56 valence electrons. The molecule has 2 heterocycles. The van der Waals surface area contributed by atoms with Crippen LogP contribution < -0.4 is 5.43 Å². The fraction of sp³-hybridized carbons (Fsp3) is 0. The Balaban J connectivity index is 2.92. The summed E-state index contributed by atoms with van der Waals surface area (Å²) in [6.45, 7) is 0. The summed E-state index contributed by atoms with van der Waals surface area (Å²) in [5.41, 5.74) is 0.416. The second-order valence-corrected chi connectivity index (χ2v) is 2.26. The van der Waals surface area contributed by atoms with Gasteiger partial charge in [-0.15, -0.1) is 0 Å². The molecule has 0 aliphatic carbocycles. The third kappa shape index (κ3) is 0.920. The third-order valence-electron chi connectivity index (χ3n) is 1.46. The van der Waals surface area contributed by atoms with Gasteiger partial charge in [0.1, 0.15) is 0 Å². The van der Waals surface area contributed by atoms with Crippen LogP contribution in [0.25, 0.3) is 5.52 Å². The molecule has 2 rings (SSSR count). The molecular weight excluding hydrogens is 147 g/mol. The number of nitrogens with zero attached hydrogens (tertiary/aromatic N) is 1. The normalized spacial score (nSPS) is 10.6. The topological polar surface area (TPSA) is 37.3 Å². The molecule has 0 atom stereocenters. The van der Waals surface area contributed by atoms with Crippen molar-refractivity contribution in [1.82, 2.24) is 9.61 Å². The van der Waals surface area contributed by atoms with Crippen molar-refractivity contribution >= 4 is 5.52 Å². The van der Waals surface area contributed by atoms with Crippen LogP contribution in [0.1, 0.15) is 0 Å². The highest BCUT2D eigenvalue weighted by atomic mass is 19.1. The Morgan fingerprint density at radius 3 is 3.09 bits per heavy atom. The molecule has 2 aromatic rings. The number of pyridine rings is 1. The predicted molar refractivity (Wildman–Crippen MR) is 38.0 cm³/mol. The van der Waals surface area contributed by atoms with E-state index in [1.165, 1.54) is 28.9 Å². The van der Waals surface area contributed by atoms with Gasteiger partial charge in [0.15, 0.2) is 5.43 Å². The quantitative estimate of drug-likeness (QED) is 0.594. The van der Waals surface area contributed by atoms with E-state index in [9.17, 15) is 9.18 Å². The molecule has 0 spiro atoms. The molecule has 0 saturated heterocycles. The summed E-state index contributed by atoms with van der Waals surface area (Å²) in [6, 6.07) is 3.99. The first kappa shape index (κ1) is 6.15. The molecule has 1 N–H and O–H groups in total. The Bertz CT molecular complexity index is 443. The number of halogens is 1. The van der Waals surface area contributed by atoms with E-state index >= 15 is 0 Å². The lowest BCUT2D eigenvalue weighted by atomic mass is 10.4. The molecule has 0 aliphatic rings. The van der Waals surface area contributed by atoms with Crippen LogP contribution in [0, 0.1) is 5.95 Å². The van der Waals surface area contributed by atoms with Crippen LogP contribution in [0.15, 0.2) is 29.2 Å². The SMILES string of the molecule is O=c1ccn2[nH]c(F)cc2c1. The van der Waals surface area contributed by atoms with E-state index in [0.29, 0.717) is 5.52 Å². The monoisotopic (exact) mass is 152 g/mol. The van der Waals surface area contributed by atoms with E-state index < -0.39 is 5.95 Å². The second-order valence-electron chi connectivity index (χ2n) is 2.26. The first-order valence-electron chi connectivity index (χ1n) is 3.13. The third-order valence-corrected chi connectivity index (χ3v) is 1.46. The zero-order valence-electron chi connectivity index (χ0n) is 5.54. The Labute approximate surface area is 61.1 Å². The van der Waals surface area contributed by atoms with Crippen LogP contribution in [0.4, 0.5) is 4.39 Å². The smallest absolute Gasteiger partial charge is 0.208 e.